The highest BCUT2D eigenvalue weighted by Gasteiger charge is 2.37. The van der Waals surface area contributed by atoms with E-state index in [4.69, 9.17) is 0 Å². The zero-order chi connectivity index (χ0) is 18.9. The van der Waals surface area contributed by atoms with E-state index >= 15 is 0 Å². The topological polar surface area (TPSA) is 0 Å². The van der Waals surface area contributed by atoms with Crippen molar-refractivity contribution in [2.75, 3.05) is 6.66 Å². The van der Waals surface area contributed by atoms with Crippen molar-refractivity contribution < 1.29 is 0 Å². The minimum Gasteiger partial charge on any atom is -0.0988 e. The van der Waals surface area contributed by atoms with Crippen molar-refractivity contribution in [2.24, 2.45) is 5.92 Å². The Morgan fingerprint density at radius 3 is 2.35 bits per heavy atom. The van der Waals surface area contributed by atoms with Crippen LogP contribution >= 0.6 is 7.92 Å². The van der Waals surface area contributed by atoms with Crippen LogP contribution in [-0.4, -0.2) is 12.3 Å². The minimum absolute atomic E-state index is 0.0601. The van der Waals surface area contributed by atoms with Gasteiger partial charge in [0.05, 0.1) is 0 Å². The van der Waals surface area contributed by atoms with Crippen molar-refractivity contribution in [3.8, 4) is 0 Å². The molecule has 4 atom stereocenters. The van der Waals surface area contributed by atoms with Crippen molar-refractivity contribution >= 4 is 7.92 Å². The normalized spacial score (nSPS) is 28.6. The van der Waals surface area contributed by atoms with Crippen LogP contribution in [0.25, 0.3) is 0 Å². The Kier molecular flexibility index (Phi) is 8.60. The molecule has 0 nitrogen and oxygen atoms in total. The summed E-state index contributed by atoms with van der Waals surface area (Å²) in [7, 11) is -0.0601. The highest BCUT2D eigenvalue weighted by atomic mass is 31.1. The van der Waals surface area contributed by atoms with E-state index in [2.05, 4.69) is 80.9 Å². The molecule has 1 aromatic rings. The summed E-state index contributed by atoms with van der Waals surface area (Å²) < 4.78 is 0. The Bertz CT molecular complexity index is 650. The summed E-state index contributed by atoms with van der Waals surface area (Å²) in [6, 6.07) is 11.2. The summed E-state index contributed by atoms with van der Waals surface area (Å²) in [6.07, 6.45) is 16.6. The second-order valence-corrected chi connectivity index (χ2v) is 9.53. The van der Waals surface area contributed by atoms with Gasteiger partial charge >= 0.3 is 0 Å². The van der Waals surface area contributed by atoms with Gasteiger partial charge in [0, 0.05) is 11.3 Å². The first-order valence-electron chi connectivity index (χ1n) is 10.2. The lowest BCUT2D eigenvalue weighted by molar-refractivity contribution is 0.495. The molecule has 1 aliphatic heterocycles. The summed E-state index contributed by atoms with van der Waals surface area (Å²) >= 11 is 0. The Morgan fingerprint density at radius 1 is 1.08 bits per heavy atom. The molecule has 3 rings (SSSR count). The standard InChI is InChI=1S/C23H29P.C2H6/c1-4-18(5-2)21-16-22(19-12-8-6-9-13-19)24(3)23(17-21)20-14-10-7-11-15-20;1-2/h4-6,8-10,12-15,21-23H,1,7,11,16-17H2,2-3H3;1-2H3/b18-5+;. The molecule has 4 unspecified atom stereocenters. The van der Waals surface area contributed by atoms with Gasteiger partial charge in [0.2, 0.25) is 0 Å². The molecule has 1 saturated heterocycles. The fraction of sp³-hybridized carbons (Fsp3) is 0.440. The van der Waals surface area contributed by atoms with Gasteiger partial charge in [-0.3, -0.25) is 0 Å². The molecular weight excluding hydrogens is 331 g/mol. The second-order valence-electron chi connectivity index (χ2n) is 6.95. The third-order valence-corrected chi connectivity index (χ3v) is 8.62. The van der Waals surface area contributed by atoms with Crippen molar-refractivity contribution in [1.82, 2.24) is 0 Å². The quantitative estimate of drug-likeness (QED) is 0.373. The third-order valence-electron chi connectivity index (χ3n) is 5.63. The van der Waals surface area contributed by atoms with E-state index in [0.717, 1.165) is 5.66 Å². The van der Waals surface area contributed by atoms with Crippen LogP contribution in [-0.2, 0) is 0 Å². The number of rotatable bonds is 4. The van der Waals surface area contributed by atoms with Crippen LogP contribution in [0.15, 0.2) is 78.4 Å². The van der Waals surface area contributed by atoms with Gasteiger partial charge < -0.3 is 0 Å². The van der Waals surface area contributed by atoms with Crippen LogP contribution < -0.4 is 0 Å². The largest absolute Gasteiger partial charge is 0.0988 e. The highest BCUT2D eigenvalue weighted by Crippen LogP contribution is 2.63. The third kappa shape index (κ3) is 4.86. The van der Waals surface area contributed by atoms with Crippen LogP contribution in [0.2, 0.25) is 0 Å². The van der Waals surface area contributed by atoms with E-state index < -0.39 is 0 Å². The summed E-state index contributed by atoms with van der Waals surface area (Å²) in [6.45, 7) is 12.8. The molecular formula is C25H35P. The first-order chi connectivity index (χ1) is 12.7. The summed E-state index contributed by atoms with van der Waals surface area (Å²) in [4.78, 5) is 0. The van der Waals surface area contributed by atoms with Crippen LogP contribution in [0.3, 0.4) is 0 Å². The van der Waals surface area contributed by atoms with E-state index in [1.807, 2.05) is 13.8 Å². The lowest BCUT2D eigenvalue weighted by Crippen LogP contribution is -2.25. The molecule has 0 saturated carbocycles. The number of hydrogen-bond donors (Lipinski definition) is 0. The molecule has 0 N–H and O–H groups in total. The first-order valence-corrected chi connectivity index (χ1v) is 12.1. The molecule has 0 bridgehead atoms. The van der Waals surface area contributed by atoms with Gasteiger partial charge in [-0.2, -0.15) is 0 Å². The lowest BCUT2D eigenvalue weighted by Gasteiger charge is -2.42. The summed E-state index contributed by atoms with van der Waals surface area (Å²) in [5.74, 6) is 0.637. The van der Waals surface area contributed by atoms with E-state index in [-0.39, 0.29) is 7.92 Å². The number of allylic oxidation sites excluding steroid dienone is 7. The summed E-state index contributed by atoms with van der Waals surface area (Å²) in [5.41, 5.74) is 5.97. The zero-order valence-corrected chi connectivity index (χ0v) is 17.9. The average molecular weight is 367 g/mol. The van der Waals surface area contributed by atoms with E-state index in [1.54, 1.807) is 5.57 Å². The minimum atomic E-state index is -0.0601. The monoisotopic (exact) mass is 366 g/mol. The van der Waals surface area contributed by atoms with Gasteiger partial charge in [-0.05, 0) is 61.9 Å². The zero-order valence-electron chi connectivity index (χ0n) is 17.0. The average Bonchev–Trinajstić information content (AvgIpc) is 2.72. The maximum Gasteiger partial charge on any atom is 0.00506 e. The Balaban J connectivity index is 0.00000117. The van der Waals surface area contributed by atoms with Gasteiger partial charge in [-0.1, -0.05) is 89.1 Å². The maximum absolute atomic E-state index is 4.07. The molecule has 26 heavy (non-hydrogen) atoms. The molecule has 1 aliphatic carbocycles. The van der Waals surface area contributed by atoms with Gasteiger partial charge in [0.15, 0.2) is 0 Å². The van der Waals surface area contributed by atoms with Crippen molar-refractivity contribution in [3.05, 3.63) is 84.0 Å². The smallest absolute Gasteiger partial charge is 0.00506 e. The second kappa shape index (κ2) is 10.7. The van der Waals surface area contributed by atoms with Crippen LogP contribution in [0.4, 0.5) is 0 Å². The van der Waals surface area contributed by atoms with Crippen LogP contribution in [0.1, 0.15) is 57.7 Å². The Hall–Kier alpha value is -1.39. The summed E-state index contributed by atoms with van der Waals surface area (Å²) in [5, 5.41) is 0. The molecule has 1 heterocycles. The van der Waals surface area contributed by atoms with Gasteiger partial charge in [0.25, 0.3) is 0 Å². The Labute approximate surface area is 162 Å². The SMILES string of the molecule is C=C/C(=C\C)C1CC(C2=CCCC=C2)P(C)C(c2ccccc2)C1.CC. The molecule has 0 amide bonds. The maximum atomic E-state index is 4.07. The lowest BCUT2D eigenvalue weighted by atomic mass is 9.85. The molecule has 1 aromatic carbocycles. The molecule has 2 aliphatic rings. The number of benzene rings is 1. The molecule has 0 aromatic heterocycles. The van der Waals surface area contributed by atoms with Gasteiger partial charge in [-0.15, -0.1) is 0 Å². The highest BCUT2D eigenvalue weighted by molar-refractivity contribution is 7.58. The Morgan fingerprint density at radius 2 is 1.77 bits per heavy atom. The predicted molar refractivity (Wildman–Crippen MR) is 120 cm³/mol. The van der Waals surface area contributed by atoms with E-state index in [1.165, 1.54) is 36.8 Å². The molecule has 1 fully saturated rings. The van der Waals surface area contributed by atoms with Crippen molar-refractivity contribution in [3.63, 3.8) is 0 Å². The molecule has 0 spiro atoms. The molecule has 140 valence electrons. The van der Waals surface area contributed by atoms with E-state index in [0.29, 0.717) is 11.6 Å². The van der Waals surface area contributed by atoms with Crippen molar-refractivity contribution in [1.29, 1.82) is 0 Å². The van der Waals surface area contributed by atoms with Gasteiger partial charge in [0.1, 0.15) is 0 Å². The van der Waals surface area contributed by atoms with Crippen molar-refractivity contribution in [2.45, 2.75) is 57.8 Å². The molecule has 0 radical (unpaired) electrons. The number of hydrogen-bond acceptors (Lipinski definition) is 0. The fourth-order valence-electron chi connectivity index (χ4n) is 4.28. The van der Waals surface area contributed by atoms with Crippen LogP contribution in [0.5, 0.6) is 0 Å². The predicted octanol–water partition coefficient (Wildman–Crippen LogP) is 8.05. The first kappa shape index (κ1) is 20.9. The fourth-order valence-corrected chi connectivity index (χ4v) is 7.19. The van der Waals surface area contributed by atoms with Crippen LogP contribution in [0, 0.1) is 5.92 Å². The molecule has 1 heteroatoms. The van der Waals surface area contributed by atoms with Gasteiger partial charge in [-0.25, -0.2) is 0 Å². The van der Waals surface area contributed by atoms with E-state index in [9.17, 15) is 0 Å².